The number of hydrogen-bond acceptors (Lipinski definition) is 7. The lowest BCUT2D eigenvalue weighted by molar-refractivity contribution is -0.120. The standard InChI is InChI=1S/C16H17N9O/c1-9-11(10(2)25-16(19-9)20-15(17)23-25)7-14(26)18-8-13-22-21-12-5-3-4-6-24(12)13/h3-6H,7-8H2,1-2H3,(H2,17,23)(H,18,26). The first-order chi connectivity index (χ1) is 12.5. The maximum Gasteiger partial charge on any atom is 0.254 e. The van der Waals surface area contributed by atoms with Gasteiger partial charge in [-0.1, -0.05) is 6.07 Å². The number of fused-ring (bicyclic) bond motifs is 2. The molecule has 0 saturated heterocycles. The molecule has 4 aromatic heterocycles. The van der Waals surface area contributed by atoms with Gasteiger partial charge in [0, 0.05) is 23.1 Å². The monoisotopic (exact) mass is 351 g/mol. The zero-order valence-electron chi connectivity index (χ0n) is 14.3. The van der Waals surface area contributed by atoms with E-state index in [1.165, 1.54) is 0 Å². The van der Waals surface area contributed by atoms with Crippen LogP contribution in [0.5, 0.6) is 0 Å². The molecule has 10 heteroatoms. The van der Waals surface area contributed by atoms with E-state index in [0.717, 1.165) is 22.6 Å². The molecular formula is C16H17N9O. The van der Waals surface area contributed by atoms with Crippen molar-refractivity contribution < 1.29 is 4.79 Å². The number of amides is 1. The number of carbonyl (C=O) groups is 1. The van der Waals surface area contributed by atoms with Gasteiger partial charge in [-0.2, -0.15) is 9.50 Å². The minimum absolute atomic E-state index is 0.141. The maximum atomic E-state index is 12.4. The molecule has 0 aliphatic heterocycles. The number of nitrogen functional groups attached to an aromatic ring is 1. The Balaban J connectivity index is 1.52. The Morgan fingerprint density at radius 3 is 2.92 bits per heavy atom. The number of nitrogens with two attached hydrogens (primary N) is 1. The number of hydrogen-bond donors (Lipinski definition) is 2. The van der Waals surface area contributed by atoms with Crippen LogP contribution in [0.1, 0.15) is 22.8 Å². The Morgan fingerprint density at radius 1 is 1.23 bits per heavy atom. The summed E-state index contributed by atoms with van der Waals surface area (Å²) in [6, 6.07) is 5.63. The molecule has 0 aliphatic carbocycles. The van der Waals surface area contributed by atoms with Crippen molar-refractivity contribution in [1.82, 2.24) is 39.5 Å². The van der Waals surface area contributed by atoms with Crippen molar-refractivity contribution in [3.05, 3.63) is 47.2 Å². The quantitative estimate of drug-likeness (QED) is 0.538. The summed E-state index contributed by atoms with van der Waals surface area (Å²) in [5.74, 6) is 1.11. The summed E-state index contributed by atoms with van der Waals surface area (Å²) >= 11 is 0. The van der Waals surface area contributed by atoms with E-state index in [2.05, 4.69) is 30.6 Å². The van der Waals surface area contributed by atoms with Crippen molar-refractivity contribution in [2.45, 2.75) is 26.8 Å². The van der Waals surface area contributed by atoms with E-state index in [-0.39, 0.29) is 24.8 Å². The molecule has 0 spiro atoms. The lowest BCUT2D eigenvalue weighted by Gasteiger charge is -2.10. The highest BCUT2D eigenvalue weighted by Gasteiger charge is 2.16. The van der Waals surface area contributed by atoms with Gasteiger partial charge in [0.1, 0.15) is 0 Å². The van der Waals surface area contributed by atoms with Gasteiger partial charge < -0.3 is 11.1 Å². The third kappa shape index (κ3) is 2.70. The Kier molecular flexibility index (Phi) is 3.72. The van der Waals surface area contributed by atoms with Crippen LogP contribution in [0.25, 0.3) is 11.4 Å². The first kappa shape index (κ1) is 15.9. The molecule has 0 aliphatic rings. The van der Waals surface area contributed by atoms with Crippen LogP contribution in [0.2, 0.25) is 0 Å². The number of aromatic nitrogens is 7. The summed E-state index contributed by atoms with van der Waals surface area (Å²) in [6.07, 6.45) is 2.04. The molecular weight excluding hydrogens is 334 g/mol. The van der Waals surface area contributed by atoms with E-state index in [4.69, 9.17) is 5.73 Å². The van der Waals surface area contributed by atoms with Crippen LogP contribution in [-0.4, -0.2) is 40.1 Å². The average molecular weight is 351 g/mol. The van der Waals surface area contributed by atoms with E-state index in [1.54, 1.807) is 4.52 Å². The Hall–Kier alpha value is -3.56. The third-order valence-electron chi connectivity index (χ3n) is 4.23. The summed E-state index contributed by atoms with van der Waals surface area (Å²) in [5, 5.41) is 15.2. The largest absolute Gasteiger partial charge is 0.366 e. The second-order valence-electron chi connectivity index (χ2n) is 5.94. The molecule has 1 amide bonds. The van der Waals surface area contributed by atoms with Crippen molar-refractivity contribution in [2.24, 2.45) is 0 Å². The van der Waals surface area contributed by atoms with Crippen LogP contribution >= 0.6 is 0 Å². The zero-order chi connectivity index (χ0) is 18.3. The maximum absolute atomic E-state index is 12.4. The molecule has 26 heavy (non-hydrogen) atoms. The molecule has 0 unspecified atom stereocenters. The number of anilines is 1. The molecule has 3 N–H and O–H groups in total. The summed E-state index contributed by atoms with van der Waals surface area (Å²) in [7, 11) is 0. The third-order valence-corrected chi connectivity index (χ3v) is 4.23. The molecule has 132 valence electrons. The molecule has 4 aromatic rings. The first-order valence-electron chi connectivity index (χ1n) is 8.06. The van der Waals surface area contributed by atoms with Crippen LogP contribution < -0.4 is 11.1 Å². The van der Waals surface area contributed by atoms with E-state index in [0.29, 0.717) is 11.6 Å². The van der Waals surface area contributed by atoms with Gasteiger partial charge in [-0.15, -0.1) is 15.3 Å². The minimum atomic E-state index is -0.141. The average Bonchev–Trinajstić information content (AvgIpc) is 3.20. The molecule has 0 radical (unpaired) electrons. The second kappa shape index (κ2) is 6.06. The lowest BCUT2D eigenvalue weighted by atomic mass is 10.1. The van der Waals surface area contributed by atoms with Gasteiger partial charge >= 0.3 is 0 Å². The molecule has 0 bridgehead atoms. The molecule has 0 fully saturated rings. The van der Waals surface area contributed by atoms with Crippen molar-refractivity contribution in [3.8, 4) is 0 Å². The van der Waals surface area contributed by atoms with E-state index >= 15 is 0 Å². The smallest absolute Gasteiger partial charge is 0.254 e. The molecule has 4 heterocycles. The lowest BCUT2D eigenvalue weighted by Crippen LogP contribution is -2.26. The Labute approximate surface area is 148 Å². The van der Waals surface area contributed by atoms with Gasteiger partial charge in [0.15, 0.2) is 11.5 Å². The fourth-order valence-electron chi connectivity index (χ4n) is 2.89. The van der Waals surface area contributed by atoms with Crippen molar-refractivity contribution in [2.75, 3.05) is 5.73 Å². The highest BCUT2D eigenvalue weighted by Crippen LogP contribution is 2.15. The number of aryl methyl sites for hydroxylation is 2. The van der Waals surface area contributed by atoms with E-state index in [1.807, 2.05) is 42.6 Å². The van der Waals surface area contributed by atoms with Crippen LogP contribution in [0.15, 0.2) is 24.4 Å². The number of nitrogens with one attached hydrogen (secondary N) is 1. The van der Waals surface area contributed by atoms with Gasteiger partial charge in [-0.05, 0) is 26.0 Å². The SMILES string of the molecule is Cc1nc2nc(N)nn2c(C)c1CC(=O)NCc1nnc2ccccn12. The predicted octanol–water partition coefficient (Wildman–Crippen LogP) is 0.225. The van der Waals surface area contributed by atoms with Gasteiger partial charge in [0.05, 0.1) is 13.0 Å². The Bertz CT molecular complexity index is 1130. The van der Waals surface area contributed by atoms with Crippen molar-refractivity contribution >= 4 is 23.3 Å². The van der Waals surface area contributed by atoms with Gasteiger partial charge in [0.2, 0.25) is 11.9 Å². The fourth-order valence-corrected chi connectivity index (χ4v) is 2.89. The minimum Gasteiger partial charge on any atom is -0.366 e. The highest BCUT2D eigenvalue weighted by atomic mass is 16.1. The van der Waals surface area contributed by atoms with Crippen LogP contribution in [-0.2, 0) is 17.8 Å². The fraction of sp³-hybridized carbons (Fsp3) is 0.250. The van der Waals surface area contributed by atoms with Gasteiger partial charge in [-0.25, -0.2) is 4.98 Å². The van der Waals surface area contributed by atoms with Crippen molar-refractivity contribution in [1.29, 1.82) is 0 Å². The number of rotatable bonds is 4. The summed E-state index contributed by atoms with van der Waals surface area (Å²) in [5.41, 5.74) is 8.68. The normalized spacial score (nSPS) is 11.3. The van der Waals surface area contributed by atoms with Gasteiger partial charge in [0.25, 0.3) is 5.78 Å². The van der Waals surface area contributed by atoms with E-state index < -0.39 is 0 Å². The molecule has 10 nitrogen and oxygen atoms in total. The van der Waals surface area contributed by atoms with Crippen LogP contribution in [0, 0.1) is 13.8 Å². The topological polar surface area (TPSA) is 128 Å². The summed E-state index contributed by atoms with van der Waals surface area (Å²) < 4.78 is 3.39. The summed E-state index contributed by atoms with van der Waals surface area (Å²) in [6.45, 7) is 3.99. The van der Waals surface area contributed by atoms with Crippen LogP contribution in [0.4, 0.5) is 5.95 Å². The van der Waals surface area contributed by atoms with Crippen LogP contribution in [0.3, 0.4) is 0 Å². The second-order valence-corrected chi connectivity index (χ2v) is 5.94. The number of carbonyl (C=O) groups excluding carboxylic acids is 1. The number of nitrogens with zero attached hydrogens (tertiary/aromatic N) is 7. The zero-order valence-corrected chi connectivity index (χ0v) is 14.3. The Morgan fingerprint density at radius 2 is 2.08 bits per heavy atom. The molecule has 0 saturated carbocycles. The van der Waals surface area contributed by atoms with Gasteiger partial charge in [-0.3, -0.25) is 9.20 Å². The molecule has 0 atom stereocenters. The number of pyridine rings is 1. The molecule has 4 rings (SSSR count). The predicted molar refractivity (Wildman–Crippen MR) is 93.2 cm³/mol. The first-order valence-corrected chi connectivity index (χ1v) is 8.06. The highest BCUT2D eigenvalue weighted by molar-refractivity contribution is 5.79. The molecule has 0 aromatic carbocycles. The van der Waals surface area contributed by atoms with Crippen molar-refractivity contribution in [3.63, 3.8) is 0 Å². The van der Waals surface area contributed by atoms with E-state index in [9.17, 15) is 4.79 Å². The summed E-state index contributed by atoms with van der Waals surface area (Å²) in [4.78, 5) is 20.8.